The first-order valence-electron chi connectivity index (χ1n) is 5.91. The van der Waals surface area contributed by atoms with Crippen LogP contribution in [0.4, 0.5) is 5.95 Å². The highest BCUT2D eigenvalue weighted by Crippen LogP contribution is 2.19. The molecule has 19 heavy (non-hydrogen) atoms. The van der Waals surface area contributed by atoms with Gasteiger partial charge in [0.25, 0.3) is 0 Å². The molecule has 102 valence electrons. The zero-order valence-electron chi connectivity index (χ0n) is 10.7. The molecule has 0 fully saturated rings. The highest BCUT2D eigenvalue weighted by atomic mass is 35.5. The van der Waals surface area contributed by atoms with E-state index in [9.17, 15) is 4.79 Å². The molecule has 0 saturated carbocycles. The Morgan fingerprint density at radius 1 is 1.58 bits per heavy atom. The van der Waals surface area contributed by atoms with Crippen molar-refractivity contribution >= 4 is 34.6 Å². The lowest BCUT2D eigenvalue weighted by Crippen LogP contribution is -2.48. The minimum Gasteiger partial charge on any atom is -0.341 e. The molecule has 2 heterocycles. The van der Waals surface area contributed by atoms with E-state index in [1.165, 1.54) is 6.33 Å². The van der Waals surface area contributed by atoms with E-state index in [0.717, 1.165) is 6.42 Å². The maximum atomic E-state index is 12.0. The predicted molar refractivity (Wildman–Crippen MR) is 72.8 cm³/mol. The second kappa shape index (κ2) is 5.10. The first-order chi connectivity index (χ1) is 8.94. The zero-order chi connectivity index (χ0) is 14.0. The predicted octanol–water partition coefficient (Wildman–Crippen LogP) is 1.46. The molecular weight excluding hydrogens is 268 g/mol. The molecule has 0 saturated heterocycles. The van der Waals surface area contributed by atoms with E-state index < -0.39 is 5.54 Å². The molecule has 0 radical (unpaired) electrons. The Bertz CT molecular complexity index is 608. The number of hydrogen-bond acceptors (Lipinski definition) is 5. The Labute approximate surface area is 115 Å². The van der Waals surface area contributed by atoms with Gasteiger partial charge in [0.15, 0.2) is 10.8 Å². The molecule has 7 nitrogen and oxygen atoms in total. The molecule has 4 N–H and O–H groups in total. The van der Waals surface area contributed by atoms with Crippen LogP contribution in [0.3, 0.4) is 0 Å². The van der Waals surface area contributed by atoms with Gasteiger partial charge in [-0.05, 0) is 13.3 Å². The van der Waals surface area contributed by atoms with Crippen molar-refractivity contribution in [1.29, 1.82) is 0 Å². The average molecular weight is 283 g/mol. The number of anilines is 1. The smallest absolute Gasteiger partial charge is 0.246 e. The van der Waals surface area contributed by atoms with Crippen LogP contribution in [0.5, 0.6) is 0 Å². The maximum absolute atomic E-state index is 12.0. The van der Waals surface area contributed by atoms with E-state index in [0.29, 0.717) is 17.6 Å². The zero-order valence-corrected chi connectivity index (χ0v) is 11.5. The summed E-state index contributed by atoms with van der Waals surface area (Å²) in [5.41, 5.74) is 5.88. The van der Waals surface area contributed by atoms with Crippen LogP contribution in [0.15, 0.2) is 6.33 Å². The Kier molecular flexibility index (Phi) is 3.68. The number of amides is 1. The number of carbonyl (C=O) groups excluding carboxylic acids is 1. The summed E-state index contributed by atoms with van der Waals surface area (Å²) in [6, 6.07) is 0. The quantitative estimate of drug-likeness (QED) is 0.736. The van der Waals surface area contributed by atoms with Crippen molar-refractivity contribution in [2.75, 3.05) is 5.32 Å². The number of H-pyrrole nitrogens is 1. The van der Waals surface area contributed by atoms with E-state index >= 15 is 0 Å². The molecule has 1 unspecified atom stereocenters. The number of aromatic nitrogens is 4. The lowest BCUT2D eigenvalue weighted by molar-refractivity contribution is -0.120. The van der Waals surface area contributed by atoms with Crippen molar-refractivity contribution in [2.24, 2.45) is 5.73 Å². The van der Waals surface area contributed by atoms with Gasteiger partial charge in [0.05, 0.1) is 11.9 Å². The standard InChI is InChI=1S/C11H15ClN6O/c1-3-4-11(2,13)9(19)18-10-16-7(12)6-8(17-10)15-5-14-6/h5H,3-4,13H2,1-2H3,(H2,14,15,16,17,18,19). The van der Waals surface area contributed by atoms with Gasteiger partial charge in [0.2, 0.25) is 11.9 Å². The van der Waals surface area contributed by atoms with Gasteiger partial charge in [-0.1, -0.05) is 24.9 Å². The number of rotatable bonds is 4. The molecule has 0 aliphatic rings. The fourth-order valence-corrected chi connectivity index (χ4v) is 1.95. The lowest BCUT2D eigenvalue weighted by atomic mass is 9.97. The van der Waals surface area contributed by atoms with E-state index in [4.69, 9.17) is 17.3 Å². The number of carbonyl (C=O) groups is 1. The number of nitrogens with zero attached hydrogens (tertiary/aromatic N) is 3. The minimum absolute atomic E-state index is 0.0994. The van der Waals surface area contributed by atoms with Crippen molar-refractivity contribution in [2.45, 2.75) is 32.2 Å². The Balaban J connectivity index is 2.24. The highest BCUT2D eigenvalue weighted by molar-refractivity contribution is 6.33. The minimum atomic E-state index is -0.967. The van der Waals surface area contributed by atoms with Crippen molar-refractivity contribution in [3.05, 3.63) is 11.5 Å². The van der Waals surface area contributed by atoms with Gasteiger partial charge in [-0.3, -0.25) is 10.1 Å². The number of fused-ring (bicyclic) bond motifs is 1. The lowest BCUT2D eigenvalue weighted by Gasteiger charge is -2.22. The number of halogens is 1. The van der Waals surface area contributed by atoms with Gasteiger partial charge < -0.3 is 10.7 Å². The van der Waals surface area contributed by atoms with Gasteiger partial charge in [0.1, 0.15) is 5.52 Å². The number of aromatic amines is 1. The maximum Gasteiger partial charge on any atom is 0.246 e. The van der Waals surface area contributed by atoms with Gasteiger partial charge in [-0.15, -0.1) is 0 Å². The third-order valence-corrected chi connectivity index (χ3v) is 3.03. The van der Waals surface area contributed by atoms with Crippen LogP contribution < -0.4 is 11.1 Å². The Morgan fingerprint density at radius 2 is 2.32 bits per heavy atom. The van der Waals surface area contributed by atoms with E-state index in [1.807, 2.05) is 6.92 Å². The van der Waals surface area contributed by atoms with Crippen LogP contribution in [0.2, 0.25) is 5.15 Å². The second-order valence-corrected chi connectivity index (χ2v) is 4.92. The Hall–Kier alpha value is -1.73. The fraction of sp³-hybridized carbons (Fsp3) is 0.455. The fourth-order valence-electron chi connectivity index (χ4n) is 1.73. The first kappa shape index (κ1) is 13.7. The van der Waals surface area contributed by atoms with Crippen LogP contribution in [0.25, 0.3) is 11.2 Å². The van der Waals surface area contributed by atoms with Crippen molar-refractivity contribution in [1.82, 2.24) is 19.9 Å². The van der Waals surface area contributed by atoms with Gasteiger partial charge in [-0.25, -0.2) is 4.98 Å². The SMILES string of the molecule is CCCC(C)(N)C(=O)Nc1nc(Cl)c2[nH]cnc2n1. The van der Waals surface area contributed by atoms with E-state index in [-0.39, 0.29) is 17.0 Å². The number of nitrogens with two attached hydrogens (primary N) is 1. The van der Waals surface area contributed by atoms with Crippen molar-refractivity contribution < 1.29 is 4.79 Å². The summed E-state index contributed by atoms with van der Waals surface area (Å²) in [5, 5.41) is 2.77. The molecule has 2 aromatic heterocycles. The number of hydrogen-bond donors (Lipinski definition) is 3. The van der Waals surface area contributed by atoms with Crippen LogP contribution in [-0.4, -0.2) is 31.4 Å². The summed E-state index contributed by atoms with van der Waals surface area (Å²) >= 11 is 5.96. The van der Waals surface area contributed by atoms with E-state index in [1.54, 1.807) is 6.92 Å². The second-order valence-electron chi connectivity index (χ2n) is 4.56. The Morgan fingerprint density at radius 3 is 3.00 bits per heavy atom. The summed E-state index contributed by atoms with van der Waals surface area (Å²) < 4.78 is 0. The molecule has 0 aliphatic carbocycles. The molecule has 0 aliphatic heterocycles. The summed E-state index contributed by atoms with van der Waals surface area (Å²) in [7, 11) is 0. The van der Waals surface area contributed by atoms with Crippen LogP contribution >= 0.6 is 11.6 Å². The van der Waals surface area contributed by atoms with Crippen molar-refractivity contribution in [3.8, 4) is 0 Å². The summed E-state index contributed by atoms with van der Waals surface area (Å²) in [6.07, 6.45) is 2.83. The summed E-state index contributed by atoms with van der Waals surface area (Å²) in [6.45, 7) is 3.63. The number of imidazole rings is 1. The van der Waals surface area contributed by atoms with Crippen LogP contribution in [0.1, 0.15) is 26.7 Å². The largest absolute Gasteiger partial charge is 0.341 e. The molecule has 1 amide bonds. The topological polar surface area (TPSA) is 110 Å². The molecule has 1 atom stereocenters. The molecule has 0 bridgehead atoms. The molecule has 2 rings (SSSR count). The third kappa shape index (κ3) is 2.82. The number of nitrogens with one attached hydrogen (secondary N) is 2. The normalized spacial score (nSPS) is 14.3. The average Bonchev–Trinajstić information content (AvgIpc) is 2.77. The highest BCUT2D eigenvalue weighted by Gasteiger charge is 2.28. The van der Waals surface area contributed by atoms with Crippen LogP contribution in [0, 0.1) is 0 Å². The first-order valence-corrected chi connectivity index (χ1v) is 6.29. The third-order valence-electron chi connectivity index (χ3n) is 2.75. The molecule has 0 aromatic carbocycles. The monoisotopic (exact) mass is 282 g/mol. The van der Waals surface area contributed by atoms with Crippen LogP contribution in [-0.2, 0) is 4.79 Å². The molecule has 2 aromatic rings. The van der Waals surface area contributed by atoms with Gasteiger partial charge >= 0.3 is 0 Å². The molecule has 0 spiro atoms. The molecule has 8 heteroatoms. The summed E-state index contributed by atoms with van der Waals surface area (Å²) in [4.78, 5) is 26.9. The van der Waals surface area contributed by atoms with Gasteiger partial charge in [-0.2, -0.15) is 9.97 Å². The van der Waals surface area contributed by atoms with E-state index in [2.05, 4.69) is 25.3 Å². The van der Waals surface area contributed by atoms with Gasteiger partial charge in [0, 0.05) is 0 Å². The summed E-state index contributed by atoms with van der Waals surface area (Å²) in [5.74, 6) is -0.248. The van der Waals surface area contributed by atoms with Crippen molar-refractivity contribution in [3.63, 3.8) is 0 Å². The molecular formula is C11H15ClN6O.